The molecule has 2 fully saturated rings. The summed E-state index contributed by atoms with van der Waals surface area (Å²) in [6.45, 7) is 5.30. The number of aliphatic imine (C=N–C) groups is 1. The Morgan fingerprint density at radius 3 is 2.26 bits per heavy atom. The maximum Gasteiger partial charge on any atom is 0.416 e. The molecule has 0 amide bonds. The number of hydrogen-bond acceptors (Lipinski definition) is 13. The number of anilines is 3. The summed E-state index contributed by atoms with van der Waals surface area (Å²) in [5, 5.41) is 43.4. The van der Waals surface area contributed by atoms with Gasteiger partial charge in [-0.25, -0.2) is 14.4 Å². The number of para-hydroxylation sites is 1. The molecule has 15 nitrogen and oxygen atoms in total. The van der Waals surface area contributed by atoms with Crippen molar-refractivity contribution >= 4 is 69.2 Å². The van der Waals surface area contributed by atoms with Crippen molar-refractivity contribution in [1.29, 1.82) is 0 Å². The van der Waals surface area contributed by atoms with Crippen LogP contribution in [0.3, 0.4) is 0 Å². The van der Waals surface area contributed by atoms with E-state index < -0.39 is 67.1 Å². The molecule has 8 rings (SSSR count). The van der Waals surface area contributed by atoms with Gasteiger partial charge in [-0.1, -0.05) is 41.4 Å². The van der Waals surface area contributed by atoms with Crippen molar-refractivity contribution in [3.63, 3.8) is 0 Å². The number of piperazine rings is 1. The second-order valence-corrected chi connectivity index (χ2v) is 16.5. The molecule has 4 aromatic carbocycles. The number of aliphatic hydroxyl groups excluding tert-OH is 3. The third-order valence-corrected chi connectivity index (χ3v) is 11.9. The number of halogens is 6. The van der Waals surface area contributed by atoms with Crippen LogP contribution in [0.15, 0.2) is 77.8 Å². The van der Waals surface area contributed by atoms with Crippen LogP contribution in [0.1, 0.15) is 43.7 Å². The van der Waals surface area contributed by atoms with Gasteiger partial charge in [0.1, 0.15) is 41.3 Å². The number of aromatic nitrogens is 2. The lowest BCUT2D eigenvalue weighted by atomic mass is 9.96. The van der Waals surface area contributed by atoms with E-state index in [2.05, 4.69) is 20.2 Å². The van der Waals surface area contributed by atoms with Gasteiger partial charge in [0.2, 0.25) is 11.9 Å². The number of carboxylic acids is 1. The number of nitrogens with zero attached hydrogens (tertiary/aromatic N) is 6. The van der Waals surface area contributed by atoms with Crippen LogP contribution < -0.4 is 24.6 Å². The Kier molecular flexibility index (Phi) is 14.2. The minimum absolute atomic E-state index is 0.0162. The van der Waals surface area contributed by atoms with Crippen LogP contribution in [0.4, 0.5) is 40.6 Å². The molecule has 0 spiro atoms. The van der Waals surface area contributed by atoms with Crippen molar-refractivity contribution < 1.29 is 57.0 Å². The molecule has 5 atom stereocenters. The SMILES string of the molecule is CC(C)Nc1nc2cc(Cl)c(Cl)cc2n1[C@H]1O[C@@H](CO)C(O)[C@H]1O.COc1cccc(N2CCN(C3=Nc4c(F)cccc4[C@H](CC(=O)O)N3c3cc(C(F)(F)F)ccc3OC)CC2)c1. The van der Waals surface area contributed by atoms with E-state index in [-0.39, 0.29) is 34.7 Å². The van der Waals surface area contributed by atoms with E-state index in [1.54, 1.807) is 29.9 Å². The summed E-state index contributed by atoms with van der Waals surface area (Å²) in [6, 6.07) is 17.0. The Hall–Kier alpha value is -5.57. The monoisotopic (exact) mass is 947 g/mol. The highest BCUT2D eigenvalue weighted by molar-refractivity contribution is 6.42. The fourth-order valence-corrected chi connectivity index (χ4v) is 8.36. The molecule has 1 unspecified atom stereocenters. The van der Waals surface area contributed by atoms with Crippen LogP contribution >= 0.6 is 23.2 Å². The van der Waals surface area contributed by atoms with Crippen molar-refractivity contribution in [3.05, 3.63) is 99.8 Å². The lowest BCUT2D eigenvalue weighted by Crippen LogP contribution is -2.55. The smallest absolute Gasteiger partial charge is 0.416 e. The number of carboxylic acid groups (broad SMARTS) is 1. The Morgan fingerprint density at radius 1 is 0.938 bits per heavy atom. The minimum Gasteiger partial charge on any atom is -0.497 e. The lowest BCUT2D eigenvalue weighted by Gasteiger charge is -2.45. The number of guanidine groups is 1. The van der Waals surface area contributed by atoms with E-state index in [4.69, 9.17) is 37.4 Å². The summed E-state index contributed by atoms with van der Waals surface area (Å²) in [7, 11) is 2.90. The zero-order chi connectivity index (χ0) is 46.9. The van der Waals surface area contributed by atoms with E-state index in [0.717, 1.165) is 17.8 Å². The topological polar surface area (TPSA) is 178 Å². The molecule has 4 heterocycles. The van der Waals surface area contributed by atoms with Gasteiger partial charge in [0.15, 0.2) is 6.23 Å². The molecule has 5 N–H and O–H groups in total. The Morgan fingerprint density at radius 2 is 1.63 bits per heavy atom. The van der Waals surface area contributed by atoms with E-state index in [1.165, 1.54) is 30.2 Å². The number of imidazole rings is 1. The summed E-state index contributed by atoms with van der Waals surface area (Å²) in [6.07, 6.45) is -9.40. The second-order valence-electron chi connectivity index (χ2n) is 15.7. The Balaban J connectivity index is 0.000000223. The van der Waals surface area contributed by atoms with Gasteiger partial charge in [-0.05, 0) is 62.4 Å². The first-order valence-electron chi connectivity index (χ1n) is 20.5. The zero-order valence-electron chi connectivity index (χ0n) is 35.5. The number of ether oxygens (including phenoxy) is 3. The summed E-state index contributed by atoms with van der Waals surface area (Å²) in [5.74, 6) is -0.458. The van der Waals surface area contributed by atoms with Crippen LogP contribution in [0.2, 0.25) is 10.0 Å². The summed E-state index contributed by atoms with van der Waals surface area (Å²) >= 11 is 12.2. The number of nitrogens with one attached hydrogen (secondary N) is 1. The number of fused-ring (bicyclic) bond motifs is 2. The molecule has 5 aromatic rings. The molecule has 2 saturated heterocycles. The molecule has 21 heteroatoms. The normalized spacial score (nSPS) is 20.9. The van der Waals surface area contributed by atoms with Crippen LogP contribution in [0.5, 0.6) is 11.5 Å². The van der Waals surface area contributed by atoms with Crippen LogP contribution in [0, 0.1) is 5.82 Å². The van der Waals surface area contributed by atoms with Crippen molar-refractivity contribution in [1.82, 2.24) is 14.5 Å². The van der Waals surface area contributed by atoms with Gasteiger partial charge < -0.3 is 54.7 Å². The predicted molar refractivity (Wildman–Crippen MR) is 237 cm³/mol. The fraction of sp³-hybridized carbons (Fsp3) is 0.386. The molecule has 1 aromatic heterocycles. The molecule has 0 bridgehead atoms. The highest BCUT2D eigenvalue weighted by atomic mass is 35.5. The van der Waals surface area contributed by atoms with E-state index in [1.807, 2.05) is 43.0 Å². The van der Waals surface area contributed by atoms with Gasteiger partial charge in [-0.2, -0.15) is 13.2 Å². The number of benzene rings is 4. The average Bonchev–Trinajstić information content (AvgIpc) is 3.75. The van der Waals surface area contributed by atoms with Gasteiger partial charge >= 0.3 is 12.1 Å². The number of carbonyl (C=O) groups is 1. The highest BCUT2D eigenvalue weighted by Crippen LogP contribution is 2.46. The Bertz CT molecular complexity index is 2560. The average molecular weight is 949 g/mol. The first-order chi connectivity index (χ1) is 30.9. The molecule has 0 aliphatic carbocycles. The van der Waals surface area contributed by atoms with Gasteiger partial charge in [-0.15, -0.1) is 0 Å². The molecule has 3 aliphatic heterocycles. The van der Waals surface area contributed by atoms with Crippen molar-refractivity contribution in [2.45, 2.75) is 63.1 Å². The molecule has 65 heavy (non-hydrogen) atoms. The third-order valence-electron chi connectivity index (χ3n) is 11.2. The van der Waals surface area contributed by atoms with Gasteiger partial charge in [-0.3, -0.25) is 9.36 Å². The molecule has 3 aliphatic rings. The summed E-state index contributed by atoms with van der Waals surface area (Å²) in [5.41, 5.74) is 1.38. The van der Waals surface area contributed by atoms with Gasteiger partial charge in [0, 0.05) is 49.5 Å². The number of aliphatic carboxylic acids is 1. The standard InChI is InChI=1S/C29H28F4N4O4.C15H19Cl2N3O4/c1-40-20-6-3-5-19(16-20)35-11-13-36(14-12-35)28-34-27-21(7-4-8-22(27)30)23(17-26(38)39)37(28)24-15-18(29(31,32)33)9-10-25(24)41-2;1-6(2)18-15-19-9-3-7(16)8(17)4-10(9)20(15)14-13(23)12(22)11(5-21)24-14/h3-10,15-16,23H,11-14,17H2,1-2H3,(H,38,39);3-4,6,11-14,21-23H,5H2,1-2H3,(H,18,19)/t23-;11-,12?,13+,14-/m00/s1. The fourth-order valence-electron chi connectivity index (χ4n) is 8.04. The number of aliphatic hydroxyl groups is 3. The molecular weight excluding hydrogens is 901 g/mol. The molecule has 348 valence electrons. The highest BCUT2D eigenvalue weighted by Gasteiger charge is 2.45. The molecule has 0 saturated carbocycles. The van der Waals surface area contributed by atoms with E-state index in [0.29, 0.717) is 59.0 Å². The largest absolute Gasteiger partial charge is 0.497 e. The zero-order valence-corrected chi connectivity index (χ0v) is 37.0. The third kappa shape index (κ3) is 9.85. The van der Waals surface area contributed by atoms with Crippen molar-refractivity contribution in [2.75, 3.05) is 62.1 Å². The van der Waals surface area contributed by atoms with Crippen molar-refractivity contribution in [3.8, 4) is 11.5 Å². The number of alkyl halides is 3. The summed E-state index contributed by atoms with van der Waals surface area (Å²) in [4.78, 5) is 26.5. The number of hydrogen-bond donors (Lipinski definition) is 5. The lowest BCUT2D eigenvalue weighted by molar-refractivity contribution is -0.138. The molecule has 0 radical (unpaired) electrons. The second kappa shape index (κ2) is 19.5. The predicted octanol–water partition coefficient (Wildman–Crippen LogP) is 7.48. The maximum absolute atomic E-state index is 15.1. The van der Waals surface area contributed by atoms with Gasteiger partial charge in [0.25, 0.3) is 0 Å². The molecular formula is C44H47Cl2F4N7O8. The first-order valence-corrected chi connectivity index (χ1v) is 21.2. The Labute approximate surface area is 381 Å². The van der Waals surface area contributed by atoms with E-state index >= 15 is 4.39 Å². The summed E-state index contributed by atoms with van der Waals surface area (Å²) < 4.78 is 74.6. The maximum atomic E-state index is 15.1. The van der Waals surface area contributed by atoms with Crippen LogP contribution in [0.25, 0.3) is 11.0 Å². The number of methoxy groups -OCH3 is 2. The van der Waals surface area contributed by atoms with Gasteiger partial charge in [0.05, 0.1) is 65.6 Å². The van der Waals surface area contributed by atoms with Crippen LogP contribution in [-0.4, -0.2) is 118 Å². The van der Waals surface area contributed by atoms with Crippen LogP contribution in [-0.2, 0) is 15.7 Å². The van der Waals surface area contributed by atoms with Crippen molar-refractivity contribution in [2.24, 2.45) is 4.99 Å². The number of rotatable bonds is 10. The van der Waals surface area contributed by atoms with E-state index in [9.17, 15) is 38.4 Å². The minimum atomic E-state index is -4.66. The quantitative estimate of drug-likeness (QED) is 0.0872. The first kappa shape index (κ1) is 47.4.